The Kier molecular flexibility index (Phi) is 5.67. The first-order chi connectivity index (χ1) is 14.0. The van der Waals surface area contributed by atoms with Gasteiger partial charge >= 0.3 is 0 Å². The van der Waals surface area contributed by atoms with E-state index in [1.54, 1.807) is 6.07 Å². The number of benzene rings is 1. The Hall–Kier alpha value is -2.67. The molecule has 8 heteroatoms. The fourth-order valence-corrected chi connectivity index (χ4v) is 3.92. The second kappa shape index (κ2) is 8.37. The quantitative estimate of drug-likeness (QED) is 0.666. The highest BCUT2D eigenvalue weighted by Crippen LogP contribution is 2.26. The molecule has 0 radical (unpaired) electrons. The maximum absolute atomic E-state index is 13.1. The summed E-state index contributed by atoms with van der Waals surface area (Å²) in [5.74, 6) is 1.71. The lowest BCUT2D eigenvalue weighted by Gasteiger charge is -2.33. The van der Waals surface area contributed by atoms with E-state index >= 15 is 0 Å². The highest BCUT2D eigenvalue weighted by atomic mass is 35.5. The fourth-order valence-electron chi connectivity index (χ4n) is 3.82. The average molecular weight is 413 g/mol. The Morgan fingerprint density at radius 1 is 1.24 bits per heavy atom. The largest absolute Gasteiger partial charge is 0.354 e. The van der Waals surface area contributed by atoms with E-state index in [1.807, 2.05) is 30.3 Å². The van der Waals surface area contributed by atoms with Crippen molar-refractivity contribution < 1.29 is 4.79 Å². The number of piperidine rings is 1. The molecule has 0 aliphatic carbocycles. The van der Waals surface area contributed by atoms with E-state index in [1.165, 1.54) is 0 Å². The number of hydrogen-bond acceptors (Lipinski definition) is 5. The molecule has 2 atom stereocenters. The monoisotopic (exact) mass is 412 g/mol. The Morgan fingerprint density at radius 2 is 2.07 bits per heavy atom. The Morgan fingerprint density at radius 3 is 2.79 bits per heavy atom. The summed E-state index contributed by atoms with van der Waals surface area (Å²) >= 11 is 5.84. The number of aromatic nitrogens is 4. The lowest BCUT2D eigenvalue weighted by atomic mass is 9.95. The number of imidazole rings is 1. The van der Waals surface area contributed by atoms with Crippen LogP contribution < -0.4 is 10.2 Å². The van der Waals surface area contributed by atoms with Crippen molar-refractivity contribution in [3.8, 4) is 0 Å². The van der Waals surface area contributed by atoms with Crippen molar-refractivity contribution in [2.45, 2.75) is 32.7 Å². The molecule has 1 fully saturated rings. The zero-order valence-electron chi connectivity index (χ0n) is 16.6. The lowest BCUT2D eigenvalue weighted by molar-refractivity contribution is -0.126. The summed E-state index contributed by atoms with van der Waals surface area (Å²) in [6.07, 6.45) is 1.79. The van der Waals surface area contributed by atoms with Crippen molar-refractivity contribution in [3.63, 3.8) is 0 Å². The summed E-state index contributed by atoms with van der Waals surface area (Å²) in [7, 11) is 0. The molecule has 1 amide bonds. The number of H-pyrrole nitrogens is 1. The summed E-state index contributed by atoms with van der Waals surface area (Å²) < 4.78 is 0. The summed E-state index contributed by atoms with van der Waals surface area (Å²) in [6, 6.07) is 11.3. The molecule has 2 unspecified atom stereocenters. The highest BCUT2D eigenvalue weighted by molar-refractivity contribution is 6.29. The number of carbonyl (C=O) groups excluding carboxylic acids is 1. The van der Waals surface area contributed by atoms with Crippen LogP contribution in [0.1, 0.15) is 38.6 Å². The van der Waals surface area contributed by atoms with Gasteiger partial charge in [-0.1, -0.05) is 37.6 Å². The first-order valence-corrected chi connectivity index (χ1v) is 10.4. The first kappa shape index (κ1) is 19.6. The topological polar surface area (TPSA) is 86.8 Å². The second-order valence-corrected chi connectivity index (χ2v) is 8.26. The average Bonchev–Trinajstić information content (AvgIpc) is 3.16. The van der Waals surface area contributed by atoms with Gasteiger partial charge in [-0.2, -0.15) is 0 Å². The van der Waals surface area contributed by atoms with Gasteiger partial charge in [0, 0.05) is 13.1 Å². The van der Waals surface area contributed by atoms with Crippen molar-refractivity contribution >= 4 is 34.4 Å². The van der Waals surface area contributed by atoms with Crippen LogP contribution in [-0.4, -0.2) is 39.2 Å². The Labute approximate surface area is 174 Å². The van der Waals surface area contributed by atoms with Crippen LogP contribution >= 0.6 is 11.6 Å². The third-order valence-electron chi connectivity index (χ3n) is 5.40. The highest BCUT2D eigenvalue weighted by Gasteiger charge is 2.30. The molecule has 1 aliphatic heterocycles. The summed E-state index contributed by atoms with van der Waals surface area (Å²) in [5.41, 5.74) is 1.89. The number of para-hydroxylation sites is 2. The van der Waals surface area contributed by atoms with Gasteiger partial charge in [0.1, 0.15) is 5.82 Å². The number of halogens is 1. The molecule has 152 valence electrons. The summed E-state index contributed by atoms with van der Waals surface area (Å²) in [5, 5.41) is 11.7. The maximum Gasteiger partial charge on any atom is 0.225 e. The van der Waals surface area contributed by atoms with Crippen molar-refractivity contribution in [2.24, 2.45) is 11.8 Å². The molecule has 2 N–H and O–H groups in total. The minimum Gasteiger partial charge on any atom is -0.354 e. The van der Waals surface area contributed by atoms with E-state index in [9.17, 15) is 4.79 Å². The molecule has 2 aromatic heterocycles. The first-order valence-electron chi connectivity index (χ1n) is 10.0. The minimum absolute atomic E-state index is 0.0516. The van der Waals surface area contributed by atoms with E-state index < -0.39 is 0 Å². The van der Waals surface area contributed by atoms with Crippen molar-refractivity contribution in [1.82, 2.24) is 25.5 Å². The van der Waals surface area contributed by atoms with Gasteiger partial charge in [0.25, 0.3) is 0 Å². The number of amides is 1. The number of aromatic amines is 1. The van der Waals surface area contributed by atoms with E-state index in [0.29, 0.717) is 11.7 Å². The van der Waals surface area contributed by atoms with Crippen molar-refractivity contribution in [2.75, 3.05) is 18.0 Å². The summed E-state index contributed by atoms with van der Waals surface area (Å²) in [4.78, 5) is 23.2. The van der Waals surface area contributed by atoms with Crippen LogP contribution in [0.2, 0.25) is 5.15 Å². The van der Waals surface area contributed by atoms with Crippen molar-refractivity contribution in [1.29, 1.82) is 0 Å². The molecule has 1 aromatic carbocycles. The van der Waals surface area contributed by atoms with Gasteiger partial charge < -0.3 is 15.2 Å². The van der Waals surface area contributed by atoms with Crippen molar-refractivity contribution in [3.05, 3.63) is 47.4 Å². The fraction of sp³-hybridized carbons (Fsp3) is 0.429. The molecule has 0 spiro atoms. The van der Waals surface area contributed by atoms with Crippen LogP contribution in [0.5, 0.6) is 0 Å². The number of nitrogens with zero attached hydrogens (tertiary/aromatic N) is 4. The van der Waals surface area contributed by atoms with E-state index in [-0.39, 0.29) is 23.8 Å². The number of nitrogens with one attached hydrogen (secondary N) is 2. The molecular formula is C21H25ClN6O. The molecular weight excluding hydrogens is 388 g/mol. The number of hydrogen-bond donors (Lipinski definition) is 2. The number of anilines is 1. The smallest absolute Gasteiger partial charge is 0.225 e. The lowest BCUT2D eigenvalue weighted by Crippen LogP contribution is -2.45. The molecule has 29 heavy (non-hydrogen) atoms. The van der Waals surface area contributed by atoms with Gasteiger partial charge in [-0.3, -0.25) is 4.79 Å². The van der Waals surface area contributed by atoms with Crippen LogP contribution in [0.25, 0.3) is 11.0 Å². The number of carbonyl (C=O) groups is 1. The van der Waals surface area contributed by atoms with Gasteiger partial charge in [-0.05, 0) is 43.0 Å². The molecule has 0 saturated carbocycles. The third-order valence-corrected chi connectivity index (χ3v) is 5.60. The Balaban J connectivity index is 1.48. The van der Waals surface area contributed by atoms with Gasteiger partial charge in [0.2, 0.25) is 5.91 Å². The minimum atomic E-state index is -0.166. The van der Waals surface area contributed by atoms with Crippen LogP contribution in [-0.2, 0) is 4.79 Å². The molecule has 7 nitrogen and oxygen atoms in total. The predicted octanol–water partition coefficient (Wildman–Crippen LogP) is 3.74. The zero-order valence-corrected chi connectivity index (χ0v) is 17.4. The number of rotatable bonds is 5. The zero-order chi connectivity index (χ0) is 20.4. The molecule has 3 aromatic rings. The van der Waals surface area contributed by atoms with Crippen LogP contribution in [0.4, 0.5) is 5.82 Å². The summed E-state index contributed by atoms with van der Waals surface area (Å²) in [6.45, 7) is 5.66. The SMILES string of the molecule is CC(C)C(NC(=O)C1CCCN(c2ccc(Cl)nn2)C1)c1nc2ccccc2[nH]1. The number of fused-ring (bicyclic) bond motifs is 1. The van der Waals surface area contributed by atoms with Crippen LogP contribution in [0.15, 0.2) is 36.4 Å². The Bertz CT molecular complexity index is 953. The molecule has 1 saturated heterocycles. The predicted molar refractivity (Wildman–Crippen MR) is 114 cm³/mol. The van der Waals surface area contributed by atoms with Gasteiger partial charge in [0.15, 0.2) is 11.0 Å². The normalized spacial score (nSPS) is 18.2. The molecule has 4 rings (SSSR count). The van der Waals surface area contributed by atoms with E-state index in [4.69, 9.17) is 16.6 Å². The van der Waals surface area contributed by atoms with Gasteiger partial charge in [-0.25, -0.2) is 4.98 Å². The molecule has 3 heterocycles. The van der Waals surface area contributed by atoms with Crippen LogP contribution in [0.3, 0.4) is 0 Å². The maximum atomic E-state index is 13.1. The third kappa shape index (κ3) is 4.34. The standard InChI is InChI=1S/C21H25ClN6O/c1-13(2)19(20-23-15-7-3-4-8-16(15)24-20)25-21(29)14-6-5-11-28(12-14)18-10-9-17(22)26-27-18/h3-4,7-10,13-14,19H,5-6,11-12H2,1-2H3,(H,23,24)(H,25,29). The van der Waals surface area contributed by atoms with Crippen LogP contribution in [0, 0.1) is 11.8 Å². The van der Waals surface area contributed by atoms with Gasteiger partial charge in [0.05, 0.1) is 23.0 Å². The van der Waals surface area contributed by atoms with E-state index in [0.717, 1.165) is 42.1 Å². The van der Waals surface area contributed by atoms with E-state index in [2.05, 4.69) is 39.2 Å². The second-order valence-electron chi connectivity index (χ2n) is 7.87. The van der Waals surface area contributed by atoms with Gasteiger partial charge in [-0.15, -0.1) is 10.2 Å². The molecule has 1 aliphatic rings. The molecule has 0 bridgehead atoms.